The summed E-state index contributed by atoms with van der Waals surface area (Å²) in [5, 5.41) is 3.92. The van der Waals surface area contributed by atoms with Gasteiger partial charge in [-0.2, -0.15) is 0 Å². The number of anilines is 1. The lowest BCUT2D eigenvalue weighted by Crippen LogP contribution is -2.42. The molecule has 8 nitrogen and oxygen atoms in total. The van der Waals surface area contributed by atoms with E-state index in [2.05, 4.69) is 15.1 Å². The van der Waals surface area contributed by atoms with Crippen LogP contribution in [-0.4, -0.2) is 45.6 Å². The maximum absolute atomic E-state index is 12.5. The van der Waals surface area contributed by atoms with Crippen molar-refractivity contribution in [3.8, 4) is 0 Å². The van der Waals surface area contributed by atoms with Crippen LogP contribution < -0.4 is 5.73 Å². The molecule has 1 aliphatic heterocycles. The number of ether oxygens (including phenoxy) is 1. The summed E-state index contributed by atoms with van der Waals surface area (Å²) >= 11 is 0. The normalized spacial score (nSPS) is 17.9. The Kier molecular flexibility index (Phi) is 4.75. The molecule has 1 saturated heterocycles. The average molecular weight is 331 g/mol. The molecular weight excluding hydrogens is 310 g/mol. The summed E-state index contributed by atoms with van der Waals surface area (Å²) in [6.07, 6.45) is 3.80. The van der Waals surface area contributed by atoms with Gasteiger partial charge in [-0.15, -0.1) is 0 Å². The quantitative estimate of drug-likeness (QED) is 0.896. The summed E-state index contributed by atoms with van der Waals surface area (Å²) < 4.78 is 10.8. The second-order valence-electron chi connectivity index (χ2n) is 5.83. The zero-order valence-electron chi connectivity index (χ0n) is 13.9. The van der Waals surface area contributed by atoms with Crippen LogP contribution in [0.3, 0.4) is 0 Å². The second kappa shape index (κ2) is 6.96. The van der Waals surface area contributed by atoms with E-state index in [1.807, 2.05) is 13.8 Å². The van der Waals surface area contributed by atoms with Crippen LogP contribution in [0, 0.1) is 13.8 Å². The lowest BCUT2D eigenvalue weighted by atomic mass is 10.1. The van der Waals surface area contributed by atoms with Crippen molar-refractivity contribution in [1.82, 2.24) is 20.0 Å². The number of nitrogens with two attached hydrogens (primary N) is 1. The number of carbonyl (C=O) groups is 1. The topological polar surface area (TPSA) is 107 Å². The van der Waals surface area contributed by atoms with Gasteiger partial charge < -0.3 is 19.9 Å². The van der Waals surface area contributed by atoms with E-state index in [1.54, 1.807) is 11.1 Å². The Hall–Kier alpha value is -2.48. The first-order chi connectivity index (χ1) is 11.6. The number of aryl methyl sites for hydroxylation is 2. The van der Waals surface area contributed by atoms with Crippen molar-refractivity contribution < 1.29 is 14.1 Å². The predicted octanol–water partition coefficient (Wildman–Crippen LogP) is 1.20. The molecule has 1 amide bonds. The van der Waals surface area contributed by atoms with E-state index in [4.69, 9.17) is 15.0 Å². The first-order valence-electron chi connectivity index (χ1n) is 7.93. The molecule has 24 heavy (non-hydrogen) atoms. The van der Waals surface area contributed by atoms with Crippen LogP contribution in [0.2, 0.25) is 0 Å². The molecule has 1 atom stereocenters. The molecule has 0 bridgehead atoms. The van der Waals surface area contributed by atoms with Gasteiger partial charge in [0.2, 0.25) is 5.91 Å². The molecule has 2 aromatic heterocycles. The van der Waals surface area contributed by atoms with Gasteiger partial charge in [-0.3, -0.25) is 9.78 Å². The van der Waals surface area contributed by atoms with E-state index in [0.29, 0.717) is 44.0 Å². The highest BCUT2D eigenvalue weighted by Crippen LogP contribution is 2.24. The third-order valence-electron chi connectivity index (χ3n) is 4.25. The predicted molar refractivity (Wildman–Crippen MR) is 86.0 cm³/mol. The van der Waals surface area contributed by atoms with Crippen LogP contribution in [0.25, 0.3) is 0 Å². The van der Waals surface area contributed by atoms with E-state index in [9.17, 15) is 4.79 Å². The molecule has 3 rings (SSSR count). The van der Waals surface area contributed by atoms with Crippen LogP contribution in [0.15, 0.2) is 16.9 Å². The van der Waals surface area contributed by atoms with Gasteiger partial charge in [0.1, 0.15) is 23.4 Å². The minimum absolute atomic E-state index is 0.0748. The maximum atomic E-state index is 12.5. The monoisotopic (exact) mass is 331 g/mol. The molecule has 0 saturated carbocycles. The molecule has 0 radical (unpaired) electrons. The van der Waals surface area contributed by atoms with Gasteiger partial charge in [-0.05, 0) is 20.3 Å². The largest absolute Gasteiger partial charge is 0.382 e. The standard InChI is InChI=1S/C16H21N5O3/c1-10-12(11(2)24-20-10)3-4-14(22)21-7-8-23-13(9-21)15-16(17)19-6-5-18-15/h5-6,13H,3-4,7-9H2,1-2H3,(H2,17,19)/t13-/m1/s1. The van der Waals surface area contributed by atoms with Gasteiger partial charge >= 0.3 is 0 Å². The highest BCUT2D eigenvalue weighted by molar-refractivity contribution is 5.76. The van der Waals surface area contributed by atoms with E-state index in [0.717, 1.165) is 17.0 Å². The van der Waals surface area contributed by atoms with Crippen LogP contribution >= 0.6 is 0 Å². The van der Waals surface area contributed by atoms with Crippen molar-refractivity contribution >= 4 is 11.7 Å². The Morgan fingerprint density at radius 2 is 2.17 bits per heavy atom. The second-order valence-corrected chi connectivity index (χ2v) is 5.83. The fourth-order valence-corrected chi connectivity index (χ4v) is 2.90. The molecule has 2 N–H and O–H groups in total. The molecule has 128 valence electrons. The Labute approximate surface area is 140 Å². The summed E-state index contributed by atoms with van der Waals surface area (Å²) in [6.45, 7) is 5.21. The van der Waals surface area contributed by atoms with Crippen molar-refractivity contribution in [1.29, 1.82) is 0 Å². The summed E-state index contributed by atoms with van der Waals surface area (Å²) in [4.78, 5) is 22.6. The van der Waals surface area contributed by atoms with Gasteiger partial charge in [0.25, 0.3) is 0 Å². The molecule has 2 aromatic rings. The maximum Gasteiger partial charge on any atom is 0.223 e. The summed E-state index contributed by atoms with van der Waals surface area (Å²) in [7, 11) is 0. The van der Waals surface area contributed by atoms with Gasteiger partial charge in [-0.1, -0.05) is 5.16 Å². The fourth-order valence-electron chi connectivity index (χ4n) is 2.90. The van der Waals surface area contributed by atoms with E-state index in [1.165, 1.54) is 6.20 Å². The molecule has 1 fully saturated rings. The van der Waals surface area contributed by atoms with Crippen molar-refractivity contribution in [3.63, 3.8) is 0 Å². The number of hydrogen-bond donors (Lipinski definition) is 1. The first-order valence-corrected chi connectivity index (χ1v) is 7.93. The number of carbonyl (C=O) groups excluding carboxylic acids is 1. The van der Waals surface area contributed by atoms with Crippen molar-refractivity contribution in [2.75, 3.05) is 25.4 Å². The molecule has 1 aliphatic rings. The smallest absolute Gasteiger partial charge is 0.223 e. The molecule has 3 heterocycles. The van der Waals surface area contributed by atoms with Crippen LogP contribution in [0.1, 0.15) is 35.2 Å². The van der Waals surface area contributed by atoms with Gasteiger partial charge in [0.15, 0.2) is 0 Å². The van der Waals surface area contributed by atoms with Crippen LogP contribution in [0.4, 0.5) is 5.82 Å². The summed E-state index contributed by atoms with van der Waals surface area (Å²) in [5.74, 6) is 1.19. The number of nitrogen functional groups attached to an aromatic ring is 1. The van der Waals surface area contributed by atoms with E-state index >= 15 is 0 Å². The SMILES string of the molecule is Cc1noc(C)c1CCC(=O)N1CCO[C@@H](c2nccnc2N)C1. The molecule has 0 aromatic carbocycles. The number of aromatic nitrogens is 3. The van der Waals surface area contributed by atoms with E-state index < -0.39 is 0 Å². The molecule has 8 heteroatoms. The number of morpholine rings is 1. The highest BCUT2D eigenvalue weighted by Gasteiger charge is 2.28. The van der Waals surface area contributed by atoms with Crippen molar-refractivity contribution in [2.24, 2.45) is 0 Å². The lowest BCUT2D eigenvalue weighted by Gasteiger charge is -2.33. The third-order valence-corrected chi connectivity index (χ3v) is 4.25. The minimum Gasteiger partial charge on any atom is -0.382 e. The minimum atomic E-state index is -0.338. The Bertz CT molecular complexity index is 711. The Morgan fingerprint density at radius 1 is 1.38 bits per heavy atom. The molecule has 0 spiro atoms. The average Bonchev–Trinajstić information content (AvgIpc) is 2.91. The Balaban J connectivity index is 1.62. The molecular formula is C16H21N5O3. The zero-order chi connectivity index (χ0) is 17.1. The molecule has 0 unspecified atom stereocenters. The van der Waals surface area contributed by atoms with Crippen LogP contribution in [-0.2, 0) is 16.0 Å². The van der Waals surface area contributed by atoms with E-state index in [-0.39, 0.29) is 12.0 Å². The summed E-state index contributed by atoms with van der Waals surface area (Å²) in [6, 6.07) is 0. The number of hydrogen-bond acceptors (Lipinski definition) is 7. The van der Waals surface area contributed by atoms with Gasteiger partial charge in [0, 0.05) is 30.9 Å². The van der Waals surface area contributed by atoms with Gasteiger partial charge in [0.05, 0.1) is 18.8 Å². The van der Waals surface area contributed by atoms with Crippen LogP contribution in [0.5, 0.6) is 0 Å². The summed E-state index contributed by atoms with van der Waals surface area (Å²) in [5.41, 5.74) is 8.28. The fraction of sp³-hybridized carbons (Fsp3) is 0.500. The molecule has 0 aliphatic carbocycles. The third kappa shape index (κ3) is 3.38. The number of amides is 1. The zero-order valence-corrected chi connectivity index (χ0v) is 13.9. The van der Waals surface area contributed by atoms with Crippen molar-refractivity contribution in [2.45, 2.75) is 32.8 Å². The first kappa shape index (κ1) is 16.4. The Morgan fingerprint density at radius 3 is 2.88 bits per heavy atom. The number of rotatable bonds is 4. The lowest BCUT2D eigenvalue weighted by molar-refractivity contribution is -0.139. The number of nitrogens with zero attached hydrogens (tertiary/aromatic N) is 4. The van der Waals surface area contributed by atoms with Gasteiger partial charge in [-0.25, -0.2) is 4.98 Å². The highest BCUT2D eigenvalue weighted by atomic mass is 16.5. The van der Waals surface area contributed by atoms with Crippen molar-refractivity contribution in [3.05, 3.63) is 35.1 Å².